The van der Waals surface area contributed by atoms with Crippen LogP contribution in [-0.2, 0) is 4.84 Å². The molecule has 0 aromatic carbocycles. The fourth-order valence-corrected chi connectivity index (χ4v) is 8.51. The second-order valence-electron chi connectivity index (χ2n) is 12.7. The molecule has 4 aliphatic rings. The minimum Gasteiger partial charge on any atom is -0.389 e. The Bertz CT molecular complexity index is 861. The first-order valence-electron chi connectivity index (χ1n) is 14.3. The van der Waals surface area contributed by atoms with Gasteiger partial charge in [0.05, 0.1) is 18.4 Å². The molecule has 36 heavy (non-hydrogen) atoms. The molecule has 7 heteroatoms. The highest BCUT2D eigenvalue weighted by atomic mass is 19.1. The summed E-state index contributed by atoms with van der Waals surface area (Å²) >= 11 is 0. The van der Waals surface area contributed by atoms with Gasteiger partial charge in [0, 0.05) is 25.0 Å². The summed E-state index contributed by atoms with van der Waals surface area (Å²) in [6.45, 7) is 11.4. The summed E-state index contributed by atoms with van der Waals surface area (Å²) in [7, 11) is 0. The molecule has 0 aromatic rings. The van der Waals surface area contributed by atoms with E-state index in [0.29, 0.717) is 36.9 Å². The molecule has 4 rings (SSSR count). The third-order valence-corrected chi connectivity index (χ3v) is 10.4. The van der Waals surface area contributed by atoms with Gasteiger partial charge in [-0.15, -0.1) is 0 Å². The van der Waals surface area contributed by atoms with Crippen molar-refractivity contribution in [2.24, 2.45) is 39.7 Å². The van der Waals surface area contributed by atoms with E-state index in [4.69, 9.17) is 4.84 Å². The zero-order valence-corrected chi connectivity index (χ0v) is 23.1. The summed E-state index contributed by atoms with van der Waals surface area (Å²) in [5, 5.41) is 17.8. The first-order chi connectivity index (χ1) is 17.1. The predicted molar refractivity (Wildman–Crippen MR) is 141 cm³/mol. The molecule has 0 aromatic heterocycles. The lowest BCUT2D eigenvalue weighted by Crippen LogP contribution is -2.51. The predicted octanol–water partition coefficient (Wildman–Crippen LogP) is 5.71. The van der Waals surface area contributed by atoms with Crippen molar-refractivity contribution in [1.29, 1.82) is 0 Å². The van der Waals surface area contributed by atoms with Crippen molar-refractivity contribution in [3.05, 3.63) is 11.6 Å². The molecular weight excluding hydrogens is 457 g/mol. The SMILES string of the molecule is C/C(=N\OC(=O)N(CCF)CCNC(C)C)[C@H]1CC[C@H]2[C@@H]3CCC4=C[C@H](O)CC[C@]4(C)[C@H]3CC[C@]12C. The van der Waals surface area contributed by atoms with Crippen LogP contribution < -0.4 is 5.32 Å². The molecule has 6 nitrogen and oxygen atoms in total. The summed E-state index contributed by atoms with van der Waals surface area (Å²) in [5.41, 5.74) is 2.82. The summed E-state index contributed by atoms with van der Waals surface area (Å²) in [6, 6.07) is 0.304. The fraction of sp³-hybridized carbons (Fsp3) is 0.862. The van der Waals surface area contributed by atoms with Crippen molar-refractivity contribution in [1.82, 2.24) is 10.2 Å². The fourth-order valence-electron chi connectivity index (χ4n) is 8.51. The average molecular weight is 506 g/mol. The summed E-state index contributed by atoms with van der Waals surface area (Å²) in [4.78, 5) is 19.4. The van der Waals surface area contributed by atoms with Crippen LogP contribution in [0.1, 0.15) is 86.0 Å². The number of aliphatic hydroxyl groups excluding tert-OH is 1. The first kappa shape index (κ1) is 27.6. The quantitative estimate of drug-likeness (QED) is 0.192. The number of amides is 1. The molecule has 3 fully saturated rings. The summed E-state index contributed by atoms with van der Waals surface area (Å²) < 4.78 is 13.0. The molecule has 0 radical (unpaired) electrons. The molecule has 2 N–H and O–H groups in total. The minimum atomic E-state index is -0.598. The number of aliphatic hydroxyl groups is 1. The van der Waals surface area contributed by atoms with Crippen LogP contribution in [0.25, 0.3) is 0 Å². The maximum absolute atomic E-state index is 13.0. The average Bonchev–Trinajstić information content (AvgIpc) is 3.19. The molecule has 1 amide bonds. The number of carbonyl (C=O) groups excluding carboxylic acids is 1. The highest BCUT2D eigenvalue weighted by Gasteiger charge is 2.59. The van der Waals surface area contributed by atoms with Crippen molar-refractivity contribution in [3.8, 4) is 0 Å². The molecule has 4 aliphatic carbocycles. The molecule has 0 heterocycles. The highest BCUT2D eigenvalue weighted by Crippen LogP contribution is 2.66. The van der Waals surface area contributed by atoms with Crippen LogP contribution in [-0.4, -0.2) is 60.3 Å². The lowest BCUT2D eigenvalue weighted by Gasteiger charge is -2.58. The molecule has 0 saturated heterocycles. The van der Waals surface area contributed by atoms with E-state index >= 15 is 0 Å². The number of alkyl halides is 1. The monoisotopic (exact) mass is 505 g/mol. The highest BCUT2D eigenvalue weighted by molar-refractivity contribution is 5.85. The van der Waals surface area contributed by atoms with Gasteiger partial charge in [-0.25, -0.2) is 9.18 Å². The molecule has 0 bridgehead atoms. The summed E-state index contributed by atoms with van der Waals surface area (Å²) in [6.07, 6.45) is 10.3. The van der Waals surface area contributed by atoms with E-state index in [9.17, 15) is 14.3 Å². The Morgan fingerprint density at radius 3 is 2.69 bits per heavy atom. The third kappa shape index (κ3) is 5.24. The number of rotatable bonds is 8. The number of hydrogen-bond acceptors (Lipinski definition) is 5. The van der Waals surface area contributed by atoms with Crippen LogP contribution in [0.5, 0.6) is 0 Å². The van der Waals surface area contributed by atoms with Crippen LogP contribution >= 0.6 is 0 Å². The van der Waals surface area contributed by atoms with Crippen molar-refractivity contribution < 1.29 is 19.1 Å². The molecule has 0 spiro atoms. The van der Waals surface area contributed by atoms with Gasteiger partial charge in [-0.05, 0) is 86.9 Å². The van der Waals surface area contributed by atoms with Crippen LogP contribution in [0.15, 0.2) is 16.8 Å². The number of fused-ring (bicyclic) bond motifs is 5. The Morgan fingerprint density at radius 1 is 1.19 bits per heavy atom. The van der Waals surface area contributed by atoms with Gasteiger partial charge < -0.3 is 15.3 Å². The summed E-state index contributed by atoms with van der Waals surface area (Å²) in [5.74, 6) is 2.39. The van der Waals surface area contributed by atoms with Gasteiger partial charge in [-0.1, -0.05) is 44.5 Å². The van der Waals surface area contributed by atoms with E-state index in [1.165, 1.54) is 36.2 Å². The van der Waals surface area contributed by atoms with E-state index in [-0.39, 0.29) is 23.5 Å². The Kier molecular flexibility index (Phi) is 8.50. The van der Waals surface area contributed by atoms with Crippen molar-refractivity contribution in [3.63, 3.8) is 0 Å². The molecule has 0 unspecified atom stereocenters. The maximum Gasteiger partial charge on any atom is 0.436 e. The Balaban J connectivity index is 1.42. The van der Waals surface area contributed by atoms with E-state index in [2.05, 4.69) is 30.4 Å². The number of nitrogens with zero attached hydrogens (tertiary/aromatic N) is 2. The Labute approximate surface area is 217 Å². The lowest BCUT2D eigenvalue weighted by molar-refractivity contribution is -0.0479. The molecule has 204 valence electrons. The molecule has 0 aliphatic heterocycles. The molecule has 7 atom stereocenters. The third-order valence-electron chi connectivity index (χ3n) is 10.4. The Morgan fingerprint density at radius 2 is 1.97 bits per heavy atom. The van der Waals surface area contributed by atoms with Gasteiger partial charge in [-0.3, -0.25) is 4.84 Å². The van der Waals surface area contributed by atoms with E-state index < -0.39 is 12.8 Å². The largest absolute Gasteiger partial charge is 0.436 e. The topological polar surface area (TPSA) is 74.2 Å². The van der Waals surface area contributed by atoms with Crippen molar-refractivity contribution in [2.45, 2.75) is 98.1 Å². The smallest absolute Gasteiger partial charge is 0.389 e. The van der Waals surface area contributed by atoms with Crippen molar-refractivity contribution in [2.75, 3.05) is 26.3 Å². The number of allylic oxidation sites excluding steroid dienone is 1. The zero-order valence-electron chi connectivity index (χ0n) is 23.1. The van der Waals surface area contributed by atoms with Gasteiger partial charge in [0.1, 0.15) is 6.67 Å². The van der Waals surface area contributed by atoms with Crippen molar-refractivity contribution >= 4 is 11.8 Å². The van der Waals surface area contributed by atoms with E-state index in [1.807, 2.05) is 20.8 Å². The minimum absolute atomic E-state index is 0.0195. The van der Waals surface area contributed by atoms with Crippen LogP contribution in [0, 0.1) is 34.5 Å². The normalized spacial score (nSPS) is 38.2. The maximum atomic E-state index is 13.0. The van der Waals surface area contributed by atoms with Gasteiger partial charge in [0.15, 0.2) is 0 Å². The van der Waals surface area contributed by atoms with Gasteiger partial charge in [-0.2, -0.15) is 0 Å². The molecular formula is C29H48FN3O3. The zero-order chi connectivity index (χ0) is 26.1. The van der Waals surface area contributed by atoms with Gasteiger partial charge in [0.25, 0.3) is 0 Å². The first-order valence-corrected chi connectivity index (χ1v) is 14.3. The number of oxime groups is 1. The van der Waals surface area contributed by atoms with E-state index in [1.54, 1.807) is 0 Å². The van der Waals surface area contributed by atoms with Crippen LogP contribution in [0.2, 0.25) is 0 Å². The van der Waals surface area contributed by atoms with Gasteiger partial charge >= 0.3 is 6.09 Å². The second-order valence-corrected chi connectivity index (χ2v) is 12.7. The number of carbonyl (C=O) groups is 1. The van der Waals surface area contributed by atoms with Crippen LogP contribution in [0.4, 0.5) is 9.18 Å². The number of halogens is 1. The second kappa shape index (κ2) is 11.1. The number of hydrogen-bond donors (Lipinski definition) is 2. The van der Waals surface area contributed by atoms with Crippen LogP contribution in [0.3, 0.4) is 0 Å². The number of nitrogens with one attached hydrogen (secondary N) is 1. The van der Waals surface area contributed by atoms with Gasteiger partial charge in [0.2, 0.25) is 0 Å². The van der Waals surface area contributed by atoms with E-state index in [0.717, 1.165) is 37.3 Å². The standard InChI is InChI=1S/C29H48FN3O3/c1-19(2)31-15-17-33(16-14-30)27(35)36-32-20(3)24-8-9-25-23-7-6-21-18-22(34)10-12-28(21,4)26(23)11-13-29(24,25)5/h18-19,22-26,31,34H,6-17H2,1-5H3/b32-20+/t22-,23+,24-,25+,26+,28+,29-/m1/s1. The lowest BCUT2D eigenvalue weighted by atomic mass is 9.46. The Hall–Kier alpha value is -1.47. The molecule has 3 saturated carbocycles.